The van der Waals surface area contributed by atoms with E-state index in [-0.39, 0.29) is 18.0 Å². The molecule has 1 amide bonds. The Labute approximate surface area is 130 Å². The van der Waals surface area contributed by atoms with Crippen LogP contribution in [0, 0.1) is 13.8 Å². The molecule has 0 aliphatic rings. The Morgan fingerprint density at radius 3 is 2.41 bits per heavy atom. The molecule has 0 saturated heterocycles. The van der Waals surface area contributed by atoms with Crippen molar-refractivity contribution in [2.24, 2.45) is 0 Å². The van der Waals surface area contributed by atoms with Crippen LogP contribution in [0.1, 0.15) is 36.2 Å². The monoisotopic (exact) mass is 298 g/mol. The second kappa shape index (κ2) is 6.18. The third kappa shape index (κ3) is 3.27. The minimum atomic E-state index is -0.646. The number of aromatic amines is 1. The number of aromatic nitrogens is 1. The third-order valence-corrected chi connectivity index (χ3v) is 3.98. The predicted octanol–water partition coefficient (Wildman–Crippen LogP) is 2.59. The number of rotatable bonds is 4. The molecular formula is C18H22N2O2. The highest BCUT2D eigenvalue weighted by Crippen LogP contribution is 2.23. The van der Waals surface area contributed by atoms with Gasteiger partial charge in [-0.2, -0.15) is 0 Å². The van der Waals surface area contributed by atoms with Gasteiger partial charge in [-0.25, -0.2) is 0 Å². The maximum atomic E-state index is 12.5. The van der Waals surface area contributed by atoms with Crippen molar-refractivity contribution >= 4 is 5.91 Å². The number of benzene rings is 1. The predicted molar refractivity (Wildman–Crippen MR) is 87.9 cm³/mol. The number of H-pyrrole nitrogens is 1. The minimum Gasteiger partial charge on any atom is -0.351 e. The molecule has 2 N–H and O–H groups in total. The average Bonchev–Trinajstić information content (AvgIpc) is 2.46. The van der Waals surface area contributed by atoms with Gasteiger partial charge in [0.25, 0.3) is 5.56 Å². The van der Waals surface area contributed by atoms with Crippen LogP contribution in [0.25, 0.3) is 0 Å². The van der Waals surface area contributed by atoms with E-state index in [1.165, 1.54) is 0 Å². The van der Waals surface area contributed by atoms with Crippen molar-refractivity contribution in [1.82, 2.24) is 10.3 Å². The number of hydrogen-bond donors (Lipinski definition) is 2. The summed E-state index contributed by atoms with van der Waals surface area (Å²) in [5.41, 5.74) is 2.47. The molecule has 1 aromatic heterocycles. The van der Waals surface area contributed by atoms with Gasteiger partial charge in [0.15, 0.2) is 0 Å². The first kappa shape index (κ1) is 16.0. The molecule has 0 aliphatic carbocycles. The molecular weight excluding hydrogens is 276 g/mol. The molecule has 0 bridgehead atoms. The fourth-order valence-corrected chi connectivity index (χ4v) is 2.48. The number of pyridine rings is 1. The summed E-state index contributed by atoms with van der Waals surface area (Å²) in [6, 6.07) is 11.5. The van der Waals surface area contributed by atoms with Crippen molar-refractivity contribution in [2.75, 3.05) is 0 Å². The van der Waals surface area contributed by atoms with E-state index >= 15 is 0 Å². The molecule has 0 fully saturated rings. The van der Waals surface area contributed by atoms with E-state index < -0.39 is 5.41 Å². The van der Waals surface area contributed by atoms with E-state index in [4.69, 9.17) is 0 Å². The van der Waals surface area contributed by atoms with Gasteiger partial charge in [-0.1, -0.05) is 30.3 Å². The molecule has 0 spiro atoms. The lowest BCUT2D eigenvalue weighted by Crippen LogP contribution is -2.40. The molecule has 2 aromatic rings. The van der Waals surface area contributed by atoms with Gasteiger partial charge >= 0.3 is 0 Å². The SMILES string of the molecule is Cc1cc(C)c(CNC(=O)C(C)(C)c2ccccc2)c(=O)[nH]1. The topological polar surface area (TPSA) is 62.0 Å². The number of aryl methyl sites for hydroxylation is 2. The smallest absolute Gasteiger partial charge is 0.253 e. The van der Waals surface area contributed by atoms with Gasteiger partial charge in [0.2, 0.25) is 5.91 Å². The highest BCUT2D eigenvalue weighted by atomic mass is 16.2. The lowest BCUT2D eigenvalue weighted by molar-refractivity contribution is -0.125. The van der Waals surface area contributed by atoms with Gasteiger partial charge in [0, 0.05) is 17.8 Å². The molecule has 4 nitrogen and oxygen atoms in total. The maximum Gasteiger partial charge on any atom is 0.253 e. The number of amides is 1. The second-order valence-corrected chi connectivity index (χ2v) is 6.12. The van der Waals surface area contributed by atoms with E-state index in [0.29, 0.717) is 5.56 Å². The Kier molecular flexibility index (Phi) is 4.50. The summed E-state index contributed by atoms with van der Waals surface area (Å²) in [4.78, 5) is 27.3. The number of hydrogen-bond acceptors (Lipinski definition) is 2. The Hall–Kier alpha value is -2.36. The molecule has 22 heavy (non-hydrogen) atoms. The molecule has 2 rings (SSSR count). The van der Waals surface area contributed by atoms with Crippen molar-refractivity contribution in [1.29, 1.82) is 0 Å². The van der Waals surface area contributed by atoms with E-state index in [1.807, 2.05) is 64.1 Å². The van der Waals surface area contributed by atoms with Crippen LogP contribution in [0.3, 0.4) is 0 Å². The van der Waals surface area contributed by atoms with Gasteiger partial charge in [0.1, 0.15) is 0 Å². The standard InChI is InChI=1S/C18H22N2O2/c1-12-10-13(2)20-16(21)15(12)11-19-17(22)18(3,4)14-8-6-5-7-9-14/h5-10H,11H2,1-4H3,(H,19,22)(H,20,21). The summed E-state index contributed by atoms with van der Waals surface area (Å²) >= 11 is 0. The summed E-state index contributed by atoms with van der Waals surface area (Å²) in [5, 5.41) is 2.88. The lowest BCUT2D eigenvalue weighted by atomic mass is 9.83. The van der Waals surface area contributed by atoms with Gasteiger partial charge in [-0.05, 0) is 44.9 Å². The lowest BCUT2D eigenvalue weighted by Gasteiger charge is -2.24. The number of carbonyl (C=O) groups excluding carboxylic acids is 1. The Morgan fingerprint density at radius 2 is 1.82 bits per heavy atom. The Balaban J connectivity index is 2.15. The summed E-state index contributed by atoms with van der Waals surface area (Å²) < 4.78 is 0. The van der Waals surface area contributed by atoms with Gasteiger partial charge in [-0.15, -0.1) is 0 Å². The maximum absolute atomic E-state index is 12.5. The molecule has 4 heteroatoms. The molecule has 0 atom stereocenters. The van der Waals surface area contributed by atoms with E-state index in [2.05, 4.69) is 10.3 Å². The first-order valence-electron chi connectivity index (χ1n) is 7.35. The first-order chi connectivity index (χ1) is 10.3. The van der Waals surface area contributed by atoms with Crippen LogP contribution in [0.5, 0.6) is 0 Å². The first-order valence-corrected chi connectivity index (χ1v) is 7.35. The number of nitrogens with one attached hydrogen (secondary N) is 2. The third-order valence-electron chi connectivity index (χ3n) is 3.98. The molecule has 0 saturated carbocycles. The van der Waals surface area contributed by atoms with Gasteiger partial charge in [-0.3, -0.25) is 9.59 Å². The zero-order chi connectivity index (χ0) is 16.3. The van der Waals surface area contributed by atoms with E-state index in [0.717, 1.165) is 16.8 Å². The van der Waals surface area contributed by atoms with E-state index in [1.54, 1.807) is 0 Å². The van der Waals surface area contributed by atoms with Crippen LogP contribution in [-0.2, 0) is 16.8 Å². The van der Waals surface area contributed by atoms with Crippen molar-refractivity contribution < 1.29 is 4.79 Å². The van der Waals surface area contributed by atoms with Crippen molar-refractivity contribution in [3.8, 4) is 0 Å². The summed E-state index contributed by atoms with van der Waals surface area (Å²) in [6.07, 6.45) is 0. The quantitative estimate of drug-likeness (QED) is 0.911. The summed E-state index contributed by atoms with van der Waals surface area (Å²) in [6.45, 7) is 7.71. The molecule has 0 aliphatic heterocycles. The van der Waals surface area contributed by atoms with E-state index in [9.17, 15) is 9.59 Å². The summed E-state index contributed by atoms with van der Waals surface area (Å²) in [7, 11) is 0. The molecule has 1 heterocycles. The van der Waals surface area contributed by atoms with Crippen molar-refractivity contribution in [3.63, 3.8) is 0 Å². The van der Waals surface area contributed by atoms with Crippen LogP contribution < -0.4 is 10.9 Å². The van der Waals surface area contributed by atoms with Crippen molar-refractivity contribution in [3.05, 3.63) is 69.1 Å². The fraction of sp³-hybridized carbons (Fsp3) is 0.333. The number of carbonyl (C=O) groups is 1. The summed E-state index contributed by atoms with van der Waals surface area (Å²) in [5.74, 6) is -0.0990. The zero-order valence-corrected chi connectivity index (χ0v) is 13.5. The molecule has 0 radical (unpaired) electrons. The fourth-order valence-electron chi connectivity index (χ4n) is 2.48. The second-order valence-electron chi connectivity index (χ2n) is 6.12. The average molecular weight is 298 g/mol. The zero-order valence-electron chi connectivity index (χ0n) is 13.5. The highest BCUT2D eigenvalue weighted by Gasteiger charge is 2.29. The van der Waals surface area contributed by atoms with Crippen LogP contribution in [-0.4, -0.2) is 10.9 Å². The van der Waals surface area contributed by atoms with Crippen LogP contribution in [0.2, 0.25) is 0 Å². The minimum absolute atomic E-state index is 0.0990. The van der Waals surface area contributed by atoms with Gasteiger partial charge in [0.05, 0.1) is 5.41 Å². The molecule has 116 valence electrons. The van der Waals surface area contributed by atoms with Crippen LogP contribution >= 0.6 is 0 Å². The largest absolute Gasteiger partial charge is 0.351 e. The van der Waals surface area contributed by atoms with Crippen LogP contribution in [0.15, 0.2) is 41.2 Å². The Bertz CT molecular complexity index is 730. The van der Waals surface area contributed by atoms with Gasteiger partial charge < -0.3 is 10.3 Å². The normalized spacial score (nSPS) is 11.3. The molecule has 0 unspecified atom stereocenters. The highest BCUT2D eigenvalue weighted by molar-refractivity contribution is 5.87. The molecule has 1 aromatic carbocycles. The van der Waals surface area contributed by atoms with Crippen LogP contribution in [0.4, 0.5) is 0 Å². The van der Waals surface area contributed by atoms with Crippen molar-refractivity contribution in [2.45, 2.75) is 39.7 Å². The Morgan fingerprint density at radius 1 is 1.18 bits per heavy atom.